The van der Waals surface area contributed by atoms with Gasteiger partial charge in [-0.2, -0.15) is 0 Å². The molecule has 76 valence electrons. The van der Waals surface area contributed by atoms with Gasteiger partial charge in [0.05, 0.1) is 0 Å². The molecule has 0 radical (unpaired) electrons. The van der Waals surface area contributed by atoms with E-state index >= 15 is 0 Å². The summed E-state index contributed by atoms with van der Waals surface area (Å²) in [5.74, 6) is -0.753. The predicted molar refractivity (Wildman–Crippen MR) is 52.2 cm³/mol. The van der Waals surface area contributed by atoms with Gasteiger partial charge in [-0.15, -0.1) is 0 Å². The molecule has 0 saturated carbocycles. The summed E-state index contributed by atoms with van der Waals surface area (Å²) in [6, 6.07) is 7.00. The molecule has 1 aromatic rings. The summed E-state index contributed by atoms with van der Waals surface area (Å²) in [7, 11) is 0. The average Bonchev–Trinajstić information content (AvgIpc) is 2.25. The molecule has 1 rings (SSSR count). The fraction of sp³-hybridized carbons (Fsp3) is 0.111. The third-order valence-corrected chi connectivity index (χ3v) is 7.78. The van der Waals surface area contributed by atoms with E-state index in [1.54, 1.807) is 18.2 Å². The number of benzene rings is 1. The van der Waals surface area contributed by atoms with Crippen molar-refractivity contribution in [2.75, 3.05) is 0 Å². The molecule has 0 aromatic heterocycles. The van der Waals surface area contributed by atoms with Gasteiger partial charge in [-0.05, 0) is 0 Å². The van der Waals surface area contributed by atoms with Crippen LogP contribution in [-0.2, 0) is 36.3 Å². The third kappa shape index (κ3) is 3.91. The zero-order valence-electron chi connectivity index (χ0n) is 8.03. The number of carbonyl (C=O) groups is 2. The summed E-state index contributed by atoms with van der Waals surface area (Å²) in [5, 5.41) is 0. The van der Waals surface area contributed by atoms with Crippen LogP contribution in [0, 0.1) is 0 Å². The second-order valence-corrected chi connectivity index (χ2v) is 8.33. The molecule has 0 heterocycles. The molecule has 0 aliphatic rings. The molecule has 0 saturated heterocycles. The molecule has 6 heteroatoms. The van der Waals surface area contributed by atoms with E-state index in [0.29, 0.717) is 5.56 Å². The van der Waals surface area contributed by atoms with E-state index in [1.807, 2.05) is 6.07 Å². The topological polar surface area (TPSA) is 52.6 Å². The van der Waals surface area contributed by atoms with Gasteiger partial charge in [-0.3, -0.25) is 0 Å². The van der Waals surface area contributed by atoms with E-state index in [0.717, 1.165) is 3.07 Å². The summed E-state index contributed by atoms with van der Waals surface area (Å²) < 4.78 is 10.3. The molecule has 0 N–H and O–H groups in total. The first-order chi connectivity index (χ1) is 7.15. The van der Waals surface area contributed by atoms with Crippen LogP contribution in [0.4, 0.5) is 0 Å². The van der Waals surface area contributed by atoms with Gasteiger partial charge < -0.3 is 0 Å². The van der Waals surface area contributed by atoms with E-state index in [-0.39, 0.29) is 5.97 Å². The molecule has 0 fully saturated rings. The Morgan fingerprint density at radius 2 is 2.00 bits per heavy atom. The van der Waals surface area contributed by atoms with Crippen LogP contribution in [0.15, 0.2) is 24.3 Å². The van der Waals surface area contributed by atoms with Crippen molar-refractivity contribution in [2.45, 2.75) is 6.92 Å². The number of hydrogen-bond donors (Lipinski definition) is 0. The maximum absolute atomic E-state index is 11.3. The van der Waals surface area contributed by atoms with Crippen LogP contribution >= 0.6 is 16.3 Å². The van der Waals surface area contributed by atoms with Crippen LogP contribution in [0.1, 0.15) is 17.3 Å². The molecule has 0 unspecified atom stereocenters. The van der Waals surface area contributed by atoms with Crippen LogP contribution in [0.2, 0.25) is 0 Å². The summed E-state index contributed by atoms with van der Waals surface area (Å²) in [6.45, 7) is 1.37. The molecular weight excluding hydrogens is 453 g/mol. The number of halogens is 1. The number of carbonyl (C=O) groups excluding carboxylic acids is 2. The van der Waals surface area contributed by atoms with E-state index in [2.05, 4.69) is 20.1 Å². The third-order valence-electron chi connectivity index (χ3n) is 1.74. The maximum atomic E-state index is 11.3. The van der Waals surface area contributed by atoms with Crippen molar-refractivity contribution < 1.29 is 41.1 Å². The van der Waals surface area contributed by atoms with Crippen LogP contribution in [0.25, 0.3) is 0 Å². The first-order valence-electron chi connectivity index (χ1n) is 4.19. The van der Waals surface area contributed by atoms with Crippen molar-refractivity contribution in [1.82, 2.24) is 0 Å². The molecule has 4 nitrogen and oxygen atoms in total. The Kier molecular flexibility index (Phi) is 5.24. The molecule has 0 spiro atoms. The minimum absolute atomic E-state index is 0.293. The Morgan fingerprint density at radius 1 is 1.33 bits per heavy atom. The Labute approximate surface area is 108 Å². The van der Waals surface area contributed by atoms with Crippen LogP contribution in [0.5, 0.6) is 0 Å². The molecule has 0 atom stereocenters. The molecule has 15 heavy (non-hydrogen) atoms. The Balaban J connectivity index is 2.86. The fourth-order valence-corrected chi connectivity index (χ4v) is 5.16. The molecule has 0 aliphatic heterocycles. The average molecular weight is 460 g/mol. The second-order valence-electron chi connectivity index (χ2n) is 2.80. The van der Waals surface area contributed by atoms with E-state index < -0.39 is 31.0 Å². The van der Waals surface area contributed by atoms with Crippen LogP contribution in [-0.4, -0.2) is 11.9 Å². The molecule has 0 amide bonds. The number of rotatable bonds is 3. The Bertz CT molecular complexity index is 380. The summed E-state index contributed by atoms with van der Waals surface area (Å²) in [4.78, 5) is 22.0. The van der Waals surface area contributed by atoms with Gasteiger partial charge in [0.1, 0.15) is 0 Å². The second kappa shape index (κ2) is 6.22. The first kappa shape index (κ1) is 12.6. The van der Waals surface area contributed by atoms with Crippen LogP contribution < -0.4 is 3.07 Å². The van der Waals surface area contributed by atoms with Crippen molar-refractivity contribution in [2.24, 2.45) is 0 Å². The molecule has 0 aliphatic carbocycles. The van der Waals surface area contributed by atoms with Gasteiger partial charge in [0.2, 0.25) is 0 Å². The molecular formula is C9H7BrHgO4. The van der Waals surface area contributed by atoms with E-state index in [4.69, 9.17) is 2.64 Å². The van der Waals surface area contributed by atoms with Gasteiger partial charge in [0.15, 0.2) is 0 Å². The molecule has 1 aromatic carbocycles. The van der Waals surface area contributed by atoms with Crippen molar-refractivity contribution in [3.8, 4) is 0 Å². The number of hydrogen-bond acceptors (Lipinski definition) is 4. The van der Waals surface area contributed by atoms with Gasteiger partial charge in [-0.1, -0.05) is 0 Å². The quantitative estimate of drug-likeness (QED) is 0.641. The van der Waals surface area contributed by atoms with Gasteiger partial charge in [-0.25, -0.2) is 0 Å². The minimum atomic E-state index is -1.98. The van der Waals surface area contributed by atoms with E-state index in [1.165, 1.54) is 6.92 Å². The van der Waals surface area contributed by atoms with Crippen LogP contribution in [0.3, 0.4) is 0 Å². The van der Waals surface area contributed by atoms with Crippen molar-refractivity contribution >= 4 is 31.3 Å². The van der Waals surface area contributed by atoms with Gasteiger partial charge in [0.25, 0.3) is 0 Å². The zero-order valence-corrected chi connectivity index (χ0v) is 15.1. The summed E-state index contributed by atoms with van der Waals surface area (Å²) in [5.41, 5.74) is 0.470. The summed E-state index contributed by atoms with van der Waals surface area (Å²) >= 11 is 0.657. The normalized spacial score (nSPS) is 8.93. The fourth-order valence-electron chi connectivity index (χ4n) is 1.07. The van der Waals surface area contributed by atoms with E-state index in [9.17, 15) is 9.59 Å². The van der Waals surface area contributed by atoms with Crippen molar-refractivity contribution in [3.05, 3.63) is 29.8 Å². The monoisotopic (exact) mass is 460 g/mol. The van der Waals surface area contributed by atoms with Gasteiger partial charge in [0, 0.05) is 0 Å². The summed E-state index contributed by atoms with van der Waals surface area (Å²) in [6.07, 6.45) is 0. The zero-order chi connectivity index (χ0) is 11.3. The molecule has 0 bridgehead atoms. The predicted octanol–water partition coefficient (Wildman–Crippen LogP) is 1.34. The Morgan fingerprint density at radius 3 is 2.60 bits per heavy atom. The standard InChI is InChI=1S/C7H4BrO2.C2H4O2.Hg/c8-10-7(9)6-4-2-1-3-5-6;1-2(3)4;/h1-4H;1H3,(H,3,4);/q;;+1/p-1. The van der Waals surface area contributed by atoms with Crippen molar-refractivity contribution in [3.63, 3.8) is 0 Å². The van der Waals surface area contributed by atoms with Crippen molar-refractivity contribution in [1.29, 1.82) is 0 Å². The van der Waals surface area contributed by atoms with Gasteiger partial charge >= 0.3 is 109 Å². The Hall–Kier alpha value is -0.425. The first-order valence-corrected chi connectivity index (χ1v) is 9.83. The SMILES string of the molecule is CC(=O)[O][Hg][c]1ccccc1C(=O)OBr.